The molecule has 4 aromatic heterocycles. The third-order valence-corrected chi connectivity index (χ3v) is 11.7. The maximum absolute atomic E-state index is 5.20. The van der Waals surface area contributed by atoms with Crippen LogP contribution in [0.1, 0.15) is 0 Å². The lowest BCUT2D eigenvalue weighted by atomic mass is 9.94. The van der Waals surface area contributed by atoms with Crippen LogP contribution in [0, 0.1) is 0 Å². The highest BCUT2D eigenvalue weighted by molar-refractivity contribution is 6.14. The molecule has 0 atom stereocenters. The van der Waals surface area contributed by atoms with Crippen molar-refractivity contribution in [1.82, 2.24) is 19.9 Å². The van der Waals surface area contributed by atoms with Crippen molar-refractivity contribution in [3.05, 3.63) is 194 Å². The predicted octanol–water partition coefficient (Wildman–Crippen LogP) is 14.0. The summed E-state index contributed by atoms with van der Waals surface area (Å²) >= 11 is 0. The number of hydrogen-bond donors (Lipinski definition) is 0. The third kappa shape index (κ3) is 5.23. The Morgan fingerprint density at radius 3 is 1.41 bits per heavy atom. The molecule has 0 aliphatic carbocycles. The minimum absolute atomic E-state index is 0.916. The number of aromatic nitrogens is 4. The molecule has 0 bridgehead atoms. The largest absolute Gasteiger partial charge is 0.254 e. The van der Waals surface area contributed by atoms with E-state index >= 15 is 0 Å². The summed E-state index contributed by atoms with van der Waals surface area (Å²) in [5, 5.41) is 11.6. The zero-order valence-corrected chi connectivity index (χ0v) is 31.3. The van der Waals surface area contributed by atoms with Crippen LogP contribution in [0.15, 0.2) is 194 Å². The van der Waals surface area contributed by atoms with Crippen molar-refractivity contribution in [1.29, 1.82) is 0 Å². The first-order valence-corrected chi connectivity index (χ1v) is 19.6. The monoisotopic (exact) mass is 736 g/mol. The Balaban J connectivity index is 0.882. The average molecular weight is 737 g/mol. The minimum Gasteiger partial charge on any atom is -0.254 e. The maximum Gasteiger partial charge on any atom is 0.0972 e. The molecule has 4 heterocycles. The number of nitrogens with zero attached hydrogens (tertiary/aromatic N) is 4. The molecule has 0 spiro atoms. The Morgan fingerprint density at radius 2 is 0.759 bits per heavy atom. The second kappa shape index (κ2) is 12.9. The molecule has 268 valence electrons. The van der Waals surface area contributed by atoms with Crippen LogP contribution in [-0.4, -0.2) is 19.9 Å². The highest BCUT2D eigenvalue weighted by Crippen LogP contribution is 2.38. The number of hydrogen-bond acceptors (Lipinski definition) is 4. The van der Waals surface area contributed by atoms with Crippen molar-refractivity contribution in [2.75, 3.05) is 0 Å². The quantitative estimate of drug-likeness (QED) is 0.169. The maximum atomic E-state index is 5.20. The van der Waals surface area contributed by atoms with E-state index in [1.54, 1.807) is 0 Å². The fourth-order valence-electron chi connectivity index (χ4n) is 8.80. The van der Waals surface area contributed by atoms with E-state index in [4.69, 9.17) is 15.0 Å². The molecule has 58 heavy (non-hydrogen) atoms. The molecule has 12 aromatic rings. The molecule has 0 saturated heterocycles. The lowest BCUT2D eigenvalue weighted by Crippen LogP contribution is -1.92. The Hall–Kier alpha value is -7.82. The number of benzene rings is 8. The van der Waals surface area contributed by atoms with Crippen LogP contribution in [-0.2, 0) is 0 Å². The van der Waals surface area contributed by atoms with Crippen molar-refractivity contribution in [2.45, 2.75) is 0 Å². The molecule has 0 amide bonds. The molecule has 0 aliphatic rings. The van der Waals surface area contributed by atoms with E-state index in [1.165, 1.54) is 21.5 Å². The Kier molecular flexibility index (Phi) is 7.20. The summed E-state index contributed by atoms with van der Waals surface area (Å²) in [5.74, 6) is 0. The number of pyridine rings is 4. The fourth-order valence-corrected chi connectivity index (χ4v) is 8.80. The van der Waals surface area contributed by atoms with Gasteiger partial charge in [0.2, 0.25) is 0 Å². The molecule has 12 rings (SSSR count). The molecule has 4 heteroatoms. The van der Waals surface area contributed by atoms with E-state index in [2.05, 4.69) is 187 Å². The fraction of sp³-hybridized carbons (Fsp3) is 0. The molecule has 0 unspecified atom stereocenters. The molecular formula is C54H32N4. The van der Waals surface area contributed by atoms with Gasteiger partial charge in [-0.25, -0.2) is 15.0 Å². The van der Waals surface area contributed by atoms with E-state index < -0.39 is 0 Å². The highest BCUT2D eigenvalue weighted by atomic mass is 14.8. The highest BCUT2D eigenvalue weighted by Gasteiger charge is 2.15. The summed E-state index contributed by atoms with van der Waals surface area (Å²) in [6.07, 6.45) is 1.84. The van der Waals surface area contributed by atoms with Gasteiger partial charge in [0.1, 0.15) is 0 Å². The van der Waals surface area contributed by atoms with Gasteiger partial charge in [-0.1, -0.05) is 133 Å². The van der Waals surface area contributed by atoms with Crippen molar-refractivity contribution < 1.29 is 0 Å². The van der Waals surface area contributed by atoms with Gasteiger partial charge in [-0.3, -0.25) is 4.98 Å². The standard InChI is InChI=1S/C54H32N4/c1-2-10-40-37(8-1)32-47(44-14-6-3-11-41(40)44)52-28-21-39-31-36(19-25-49(39)57-52)35-18-24-48-38(30-35)20-27-50(56-48)45-22-23-46(43-13-5-4-12-42(43)45)51-26-17-34-16-15-33-9-7-29-55-53(33)54(34)58-51/h1-32H. The third-order valence-electron chi connectivity index (χ3n) is 11.7. The zero-order valence-electron chi connectivity index (χ0n) is 31.3. The Labute approximate surface area is 333 Å². The van der Waals surface area contributed by atoms with Crippen LogP contribution in [0.25, 0.3) is 121 Å². The normalized spacial score (nSPS) is 11.8. The molecule has 0 radical (unpaired) electrons. The summed E-state index contributed by atoms with van der Waals surface area (Å²) in [5.41, 5.74) is 12.3. The van der Waals surface area contributed by atoms with Crippen molar-refractivity contribution >= 4 is 75.9 Å². The van der Waals surface area contributed by atoms with Gasteiger partial charge in [0, 0.05) is 44.4 Å². The topological polar surface area (TPSA) is 51.6 Å². The van der Waals surface area contributed by atoms with Gasteiger partial charge >= 0.3 is 0 Å². The summed E-state index contributed by atoms with van der Waals surface area (Å²) in [6.45, 7) is 0. The molecular weight excluding hydrogens is 705 g/mol. The lowest BCUT2D eigenvalue weighted by molar-refractivity contribution is 1.37. The van der Waals surface area contributed by atoms with E-state index in [0.717, 1.165) is 99.3 Å². The van der Waals surface area contributed by atoms with E-state index in [1.807, 2.05) is 12.3 Å². The molecule has 4 nitrogen and oxygen atoms in total. The van der Waals surface area contributed by atoms with Gasteiger partial charge < -0.3 is 0 Å². The summed E-state index contributed by atoms with van der Waals surface area (Å²) in [7, 11) is 0. The van der Waals surface area contributed by atoms with Crippen LogP contribution in [0.5, 0.6) is 0 Å². The van der Waals surface area contributed by atoms with Gasteiger partial charge in [0.15, 0.2) is 0 Å². The van der Waals surface area contributed by atoms with Gasteiger partial charge in [-0.05, 0) is 98.0 Å². The van der Waals surface area contributed by atoms with Crippen LogP contribution in [0.2, 0.25) is 0 Å². The van der Waals surface area contributed by atoms with E-state index in [-0.39, 0.29) is 0 Å². The van der Waals surface area contributed by atoms with Crippen LogP contribution in [0.3, 0.4) is 0 Å². The van der Waals surface area contributed by atoms with Gasteiger partial charge in [0.05, 0.1) is 39.1 Å². The number of fused-ring (bicyclic) bond motifs is 9. The average Bonchev–Trinajstić information content (AvgIpc) is 3.30. The van der Waals surface area contributed by atoms with Gasteiger partial charge in [-0.2, -0.15) is 0 Å². The molecule has 8 aromatic carbocycles. The molecule has 0 saturated carbocycles. The van der Waals surface area contributed by atoms with Crippen molar-refractivity contribution in [3.8, 4) is 44.9 Å². The van der Waals surface area contributed by atoms with Gasteiger partial charge in [0.25, 0.3) is 0 Å². The smallest absolute Gasteiger partial charge is 0.0972 e. The minimum atomic E-state index is 0.916. The predicted molar refractivity (Wildman–Crippen MR) is 242 cm³/mol. The molecule has 0 aliphatic heterocycles. The van der Waals surface area contributed by atoms with E-state index in [0.29, 0.717) is 0 Å². The lowest BCUT2D eigenvalue weighted by Gasteiger charge is -2.13. The second-order valence-electron chi connectivity index (χ2n) is 15.0. The van der Waals surface area contributed by atoms with Gasteiger partial charge in [-0.15, -0.1) is 0 Å². The first-order chi connectivity index (χ1) is 28.7. The zero-order chi connectivity index (χ0) is 38.2. The van der Waals surface area contributed by atoms with Crippen molar-refractivity contribution in [3.63, 3.8) is 0 Å². The Morgan fingerprint density at radius 1 is 0.276 bits per heavy atom. The molecule has 0 fully saturated rings. The summed E-state index contributed by atoms with van der Waals surface area (Å²) in [6, 6.07) is 66.8. The summed E-state index contributed by atoms with van der Waals surface area (Å²) < 4.78 is 0. The first kappa shape index (κ1) is 32.4. The van der Waals surface area contributed by atoms with Crippen LogP contribution in [0.4, 0.5) is 0 Å². The van der Waals surface area contributed by atoms with E-state index in [9.17, 15) is 0 Å². The summed E-state index contributed by atoms with van der Waals surface area (Å²) in [4.78, 5) is 20.2. The molecule has 0 N–H and O–H groups in total. The van der Waals surface area contributed by atoms with Crippen LogP contribution >= 0.6 is 0 Å². The first-order valence-electron chi connectivity index (χ1n) is 19.6. The SMILES string of the molecule is c1ccc2c(c1)cc(-c1ccc3cc(-c4ccc5nc(-c6ccc(-c7ccc8ccc9cccnc9c8n7)c7ccccc67)ccc5c4)ccc3n1)c1ccccc12. The van der Waals surface area contributed by atoms with Crippen molar-refractivity contribution in [2.24, 2.45) is 0 Å². The van der Waals surface area contributed by atoms with Crippen LogP contribution < -0.4 is 0 Å². The Bertz CT molecular complexity index is 3650. The second-order valence-corrected chi connectivity index (χ2v) is 15.0. The number of rotatable bonds is 4.